The Hall–Kier alpha value is -2.06. The van der Waals surface area contributed by atoms with Crippen molar-refractivity contribution in [2.24, 2.45) is 0 Å². The Morgan fingerprint density at radius 2 is 2.24 bits per heavy atom. The molecule has 0 aliphatic carbocycles. The van der Waals surface area contributed by atoms with Crippen LogP contribution in [0.4, 0.5) is 10.5 Å². The first kappa shape index (κ1) is 13.0. The van der Waals surface area contributed by atoms with Gasteiger partial charge in [0.1, 0.15) is 0 Å². The van der Waals surface area contributed by atoms with Crippen molar-refractivity contribution in [1.82, 2.24) is 0 Å². The van der Waals surface area contributed by atoms with E-state index in [-0.39, 0.29) is 28.8 Å². The lowest BCUT2D eigenvalue weighted by atomic mass is 10.1. The number of amides is 1. The summed E-state index contributed by atoms with van der Waals surface area (Å²) in [4.78, 5) is 25.5. The zero-order valence-corrected chi connectivity index (χ0v) is 9.75. The molecule has 0 heterocycles. The number of hydrogen-bond donors (Lipinski definition) is 1. The van der Waals surface area contributed by atoms with E-state index in [0.29, 0.717) is 0 Å². The number of ketones is 1. The molecule has 0 aliphatic rings. The van der Waals surface area contributed by atoms with Crippen LogP contribution in [-0.2, 0) is 4.74 Å². The van der Waals surface area contributed by atoms with Gasteiger partial charge in [0, 0.05) is 0 Å². The van der Waals surface area contributed by atoms with Crippen molar-refractivity contribution >= 4 is 29.2 Å². The van der Waals surface area contributed by atoms with Gasteiger partial charge < -0.3 is 4.74 Å². The van der Waals surface area contributed by atoms with Gasteiger partial charge in [-0.2, -0.15) is 0 Å². The van der Waals surface area contributed by atoms with Crippen LogP contribution >= 0.6 is 11.6 Å². The van der Waals surface area contributed by atoms with E-state index in [4.69, 9.17) is 18.2 Å². The van der Waals surface area contributed by atoms with Crippen LogP contribution in [0.3, 0.4) is 0 Å². The minimum atomic E-state index is -0.800. The van der Waals surface area contributed by atoms with Crippen molar-refractivity contribution in [3.8, 4) is 0 Å². The Kier molecular flexibility index (Phi) is 4.49. The SMILES string of the molecule is [C-]#[N+]COC(=O)Nc1cccc(Cl)c1C(C)=O. The van der Waals surface area contributed by atoms with E-state index >= 15 is 0 Å². The molecule has 0 saturated heterocycles. The lowest BCUT2D eigenvalue weighted by Crippen LogP contribution is -2.15. The second kappa shape index (κ2) is 5.87. The highest BCUT2D eigenvalue weighted by atomic mass is 35.5. The zero-order chi connectivity index (χ0) is 12.8. The number of anilines is 1. The van der Waals surface area contributed by atoms with Gasteiger partial charge in [0.05, 0.1) is 16.3 Å². The molecule has 0 spiro atoms. The summed E-state index contributed by atoms with van der Waals surface area (Å²) in [5.74, 6) is -0.268. The molecule has 0 fully saturated rings. The lowest BCUT2D eigenvalue weighted by Gasteiger charge is -2.09. The maximum absolute atomic E-state index is 11.4. The van der Waals surface area contributed by atoms with Crippen LogP contribution in [0.25, 0.3) is 4.85 Å². The summed E-state index contributed by atoms with van der Waals surface area (Å²) < 4.78 is 4.51. The fourth-order valence-corrected chi connectivity index (χ4v) is 1.53. The van der Waals surface area contributed by atoms with Crippen molar-refractivity contribution in [1.29, 1.82) is 0 Å². The van der Waals surface area contributed by atoms with Gasteiger partial charge in [0.25, 0.3) is 0 Å². The predicted molar refractivity (Wildman–Crippen MR) is 63.0 cm³/mol. The van der Waals surface area contributed by atoms with Crippen molar-refractivity contribution in [3.63, 3.8) is 0 Å². The molecule has 88 valence electrons. The highest BCUT2D eigenvalue weighted by Crippen LogP contribution is 2.24. The van der Waals surface area contributed by atoms with E-state index in [0.717, 1.165) is 0 Å². The van der Waals surface area contributed by atoms with E-state index in [9.17, 15) is 9.59 Å². The first-order chi connectivity index (χ1) is 8.06. The van der Waals surface area contributed by atoms with Crippen molar-refractivity contribution in [2.45, 2.75) is 6.92 Å². The third-order valence-electron chi connectivity index (χ3n) is 1.86. The molecule has 5 nitrogen and oxygen atoms in total. The number of rotatable bonds is 3. The summed E-state index contributed by atoms with van der Waals surface area (Å²) in [5.41, 5.74) is 0.480. The molecule has 0 bridgehead atoms. The van der Waals surface area contributed by atoms with Crippen LogP contribution in [0.5, 0.6) is 0 Å². The van der Waals surface area contributed by atoms with Gasteiger partial charge in [0.15, 0.2) is 5.78 Å². The normalized spacial score (nSPS) is 9.24. The molecule has 0 aliphatic heterocycles. The summed E-state index contributed by atoms with van der Waals surface area (Å²) in [6, 6.07) is 4.68. The minimum absolute atomic E-state index is 0.217. The standard InChI is InChI=1S/C11H9ClN2O3/c1-7(15)10-8(12)4-3-5-9(10)14-11(16)17-6-13-2/h3-5H,6H2,1H3,(H,14,16). The number of benzene rings is 1. The smallest absolute Gasteiger partial charge is 0.377 e. The van der Waals surface area contributed by atoms with Gasteiger partial charge in [-0.25, -0.2) is 11.4 Å². The molecular formula is C11H9ClN2O3. The van der Waals surface area contributed by atoms with Crippen molar-refractivity contribution in [3.05, 3.63) is 40.2 Å². The molecule has 6 heteroatoms. The average molecular weight is 253 g/mol. The first-order valence-corrected chi connectivity index (χ1v) is 5.00. The number of nitrogens with zero attached hydrogens (tertiary/aromatic N) is 1. The van der Waals surface area contributed by atoms with E-state index in [1.165, 1.54) is 13.0 Å². The van der Waals surface area contributed by atoms with Crippen molar-refractivity contribution in [2.75, 3.05) is 12.0 Å². The maximum atomic E-state index is 11.4. The highest BCUT2D eigenvalue weighted by molar-refractivity contribution is 6.34. The van der Waals surface area contributed by atoms with Crippen LogP contribution in [0.2, 0.25) is 5.02 Å². The van der Waals surface area contributed by atoms with Gasteiger partial charge in [-0.05, 0) is 19.1 Å². The molecule has 1 rings (SSSR count). The Morgan fingerprint density at radius 3 is 2.82 bits per heavy atom. The van der Waals surface area contributed by atoms with Gasteiger partial charge in [-0.3, -0.25) is 15.0 Å². The predicted octanol–water partition coefficient (Wildman–Crippen LogP) is 2.97. The van der Waals surface area contributed by atoms with E-state index in [2.05, 4.69) is 14.9 Å². The lowest BCUT2D eigenvalue weighted by molar-refractivity contribution is 0.101. The Labute approximate surface area is 103 Å². The number of Topliss-reactive ketones (excluding diaryl/α,β-unsaturated/α-hetero) is 1. The van der Waals surface area contributed by atoms with Gasteiger partial charge >= 0.3 is 12.8 Å². The average Bonchev–Trinajstić information content (AvgIpc) is 2.25. The fourth-order valence-electron chi connectivity index (χ4n) is 1.22. The largest absolute Gasteiger partial charge is 0.417 e. The number of carbonyl (C=O) groups excluding carboxylic acids is 2. The summed E-state index contributed by atoms with van der Waals surface area (Å²) in [5, 5.41) is 2.61. The summed E-state index contributed by atoms with van der Waals surface area (Å²) in [6.45, 7) is 7.44. The maximum Gasteiger partial charge on any atom is 0.417 e. The molecule has 1 aromatic carbocycles. The summed E-state index contributed by atoms with van der Waals surface area (Å²) >= 11 is 5.85. The molecule has 0 saturated carbocycles. The second-order valence-electron chi connectivity index (χ2n) is 3.06. The third kappa shape index (κ3) is 3.47. The number of nitrogens with one attached hydrogen (secondary N) is 1. The van der Waals surface area contributed by atoms with Crippen LogP contribution in [0.1, 0.15) is 17.3 Å². The highest BCUT2D eigenvalue weighted by Gasteiger charge is 2.14. The molecule has 0 atom stereocenters. The summed E-state index contributed by atoms with van der Waals surface area (Å²) in [7, 11) is 0. The number of halogens is 1. The van der Waals surface area contributed by atoms with E-state index in [1.54, 1.807) is 12.1 Å². The van der Waals surface area contributed by atoms with Crippen LogP contribution in [-0.4, -0.2) is 18.6 Å². The van der Waals surface area contributed by atoms with Gasteiger partial charge in [0.2, 0.25) is 0 Å². The molecule has 0 aromatic heterocycles. The third-order valence-corrected chi connectivity index (χ3v) is 2.18. The van der Waals surface area contributed by atoms with Crippen LogP contribution in [0.15, 0.2) is 18.2 Å². The topological polar surface area (TPSA) is 59.8 Å². The zero-order valence-electron chi connectivity index (χ0n) is 8.99. The minimum Gasteiger partial charge on any atom is -0.377 e. The summed E-state index contributed by atoms with van der Waals surface area (Å²) in [6.07, 6.45) is -0.800. The molecule has 17 heavy (non-hydrogen) atoms. The van der Waals surface area contributed by atoms with Gasteiger partial charge in [-0.15, -0.1) is 0 Å². The van der Waals surface area contributed by atoms with Crippen molar-refractivity contribution < 1.29 is 14.3 Å². The molecule has 1 amide bonds. The Bertz CT molecular complexity index is 494. The number of hydrogen-bond acceptors (Lipinski definition) is 3. The van der Waals surface area contributed by atoms with Gasteiger partial charge in [-0.1, -0.05) is 17.7 Å². The number of carbonyl (C=O) groups is 2. The Morgan fingerprint density at radius 1 is 1.53 bits per heavy atom. The first-order valence-electron chi connectivity index (χ1n) is 4.62. The number of ether oxygens (including phenoxy) is 1. The second-order valence-corrected chi connectivity index (χ2v) is 3.47. The molecule has 0 unspecified atom stereocenters. The Balaban J connectivity index is 2.92. The monoisotopic (exact) mass is 252 g/mol. The molecule has 1 N–H and O–H groups in total. The molecule has 1 aromatic rings. The molecule has 0 radical (unpaired) electrons. The quantitative estimate of drug-likeness (QED) is 0.665. The molecular weight excluding hydrogens is 244 g/mol. The van der Waals surface area contributed by atoms with Crippen LogP contribution in [0, 0.1) is 6.57 Å². The van der Waals surface area contributed by atoms with E-state index in [1.807, 2.05) is 0 Å². The van der Waals surface area contributed by atoms with E-state index < -0.39 is 6.09 Å². The fraction of sp³-hybridized carbons (Fsp3) is 0.182. The van der Waals surface area contributed by atoms with Crippen LogP contribution < -0.4 is 5.32 Å².